The molecule has 1 atom stereocenters. The van der Waals surface area contributed by atoms with Crippen molar-refractivity contribution in [3.63, 3.8) is 0 Å². The molecule has 0 spiro atoms. The Morgan fingerprint density at radius 1 is 1.00 bits per heavy atom. The van der Waals surface area contributed by atoms with Gasteiger partial charge in [-0.05, 0) is 36.4 Å². The van der Waals surface area contributed by atoms with Crippen LogP contribution >= 0.6 is 11.6 Å². The summed E-state index contributed by atoms with van der Waals surface area (Å²) in [6.07, 6.45) is -12.1. The maximum atomic E-state index is 14.1. The summed E-state index contributed by atoms with van der Waals surface area (Å²) in [4.78, 5) is 31.5. The van der Waals surface area contributed by atoms with Gasteiger partial charge in [-0.3, -0.25) is 9.36 Å². The summed E-state index contributed by atoms with van der Waals surface area (Å²) >= 11 is 5.88. The molecular weight excluding hydrogens is 672 g/mol. The Morgan fingerprint density at radius 3 is 2.26 bits per heavy atom. The number of carbonyl (C=O) groups excluding carboxylic acids is 1. The molecular formula is C26H22ClF6N7O5S. The molecule has 0 bridgehead atoms. The van der Waals surface area contributed by atoms with Gasteiger partial charge in [0, 0.05) is 23.7 Å². The van der Waals surface area contributed by atoms with Crippen LogP contribution in [0.25, 0.3) is 17.1 Å². The van der Waals surface area contributed by atoms with E-state index in [2.05, 4.69) is 15.2 Å². The fraction of sp³-hybridized carbons (Fsp3) is 0.346. The highest BCUT2D eigenvalue weighted by Gasteiger charge is 2.40. The number of aliphatic hydroxyl groups is 1. The van der Waals surface area contributed by atoms with Crippen molar-refractivity contribution in [2.75, 3.05) is 24.6 Å². The van der Waals surface area contributed by atoms with E-state index in [9.17, 15) is 49.5 Å². The van der Waals surface area contributed by atoms with E-state index in [1.165, 1.54) is 24.3 Å². The molecule has 1 amide bonds. The van der Waals surface area contributed by atoms with Crippen LogP contribution in [0.3, 0.4) is 0 Å². The van der Waals surface area contributed by atoms with Gasteiger partial charge in [0.05, 0.1) is 34.9 Å². The smallest absolute Gasteiger partial charge is 0.382 e. The van der Waals surface area contributed by atoms with Crippen molar-refractivity contribution in [2.24, 2.45) is 0 Å². The van der Waals surface area contributed by atoms with Crippen LogP contribution in [-0.4, -0.2) is 90.3 Å². The Hall–Kier alpha value is -4.23. The Bertz CT molecular complexity index is 1920. The third-order valence-electron chi connectivity index (χ3n) is 7.02. The number of sulfone groups is 1. The SMILES string of the molecule is O=C(c1cccc(C(F)(F)F)c1-n1cnc(Cn2nc(-c3ccc(Cl)cc3)n(CC(O)C(F)(F)F)c2=O)n1)N1CCS(=O)(=O)CC1. The van der Waals surface area contributed by atoms with Crippen molar-refractivity contribution in [3.8, 4) is 17.1 Å². The first-order chi connectivity index (χ1) is 21.4. The molecule has 46 heavy (non-hydrogen) atoms. The number of carbonyl (C=O) groups is 1. The number of aliphatic hydroxyl groups excluding tert-OH is 1. The molecule has 1 fully saturated rings. The van der Waals surface area contributed by atoms with E-state index in [-0.39, 0.29) is 46.8 Å². The average molecular weight is 694 g/mol. The third-order valence-corrected chi connectivity index (χ3v) is 8.88. The van der Waals surface area contributed by atoms with Gasteiger partial charge >= 0.3 is 18.0 Å². The molecule has 2 aromatic heterocycles. The van der Waals surface area contributed by atoms with E-state index in [1.807, 2.05) is 0 Å². The molecule has 4 aromatic rings. The van der Waals surface area contributed by atoms with E-state index < -0.39 is 69.8 Å². The lowest BCUT2D eigenvalue weighted by Gasteiger charge is -2.28. The van der Waals surface area contributed by atoms with Crippen LogP contribution in [0.5, 0.6) is 0 Å². The number of nitrogens with zero attached hydrogens (tertiary/aromatic N) is 7. The summed E-state index contributed by atoms with van der Waals surface area (Å²) in [5, 5.41) is 18.0. The molecule has 3 heterocycles. The van der Waals surface area contributed by atoms with Gasteiger partial charge in [0.25, 0.3) is 5.91 Å². The summed E-state index contributed by atoms with van der Waals surface area (Å²) in [6.45, 7) is -2.30. The minimum absolute atomic E-state index is 0.167. The number of amides is 1. The number of para-hydroxylation sites is 1. The molecule has 0 radical (unpaired) electrons. The van der Waals surface area contributed by atoms with Crippen LogP contribution in [0.15, 0.2) is 53.6 Å². The molecule has 1 saturated heterocycles. The topological polar surface area (TPSA) is 145 Å². The quantitative estimate of drug-likeness (QED) is 0.291. The molecule has 0 aliphatic carbocycles. The Labute approximate surface area is 260 Å². The van der Waals surface area contributed by atoms with Gasteiger partial charge in [-0.25, -0.2) is 27.6 Å². The maximum absolute atomic E-state index is 14.1. The highest BCUT2D eigenvalue weighted by atomic mass is 35.5. The van der Waals surface area contributed by atoms with Crippen molar-refractivity contribution in [3.05, 3.63) is 81.3 Å². The van der Waals surface area contributed by atoms with E-state index in [4.69, 9.17) is 11.6 Å². The summed E-state index contributed by atoms with van der Waals surface area (Å²) in [7, 11) is -3.40. The minimum atomic E-state index is -5.07. The number of rotatable bonds is 7. The number of alkyl halides is 6. The first-order valence-corrected chi connectivity index (χ1v) is 15.4. The minimum Gasteiger partial charge on any atom is -0.382 e. The molecule has 1 unspecified atom stereocenters. The summed E-state index contributed by atoms with van der Waals surface area (Å²) < 4.78 is 107. The number of hydrogen-bond donors (Lipinski definition) is 1. The van der Waals surface area contributed by atoms with E-state index >= 15 is 0 Å². The van der Waals surface area contributed by atoms with Gasteiger partial charge in [0.2, 0.25) is 0 Å². The van der Waals surface area contributed by atoms with E-state index in [0.29, 0.717) is 20.0 Å². The van der Waals surface area contributed by atoms with Gasteiger partial charge in [-0.15, -0.1) is 10.2 Å². The normalized spacial score (nSPS) is 16.0. The first-order valence-electron chi connectivity index (χ1n) is 13.2. The Kier molecular flexibility index (Phi) is 8.77. The Balaban J connectivity index is 1.53. The predicted molar refractivity (Wildman–Crippen MR) is 149 cm³/mol. The molecule has 246 valence electrons. The van der Waals surface area contributed by atoms with E-state index in [0.717, 1.165) is 23.4 Å². The zero-order chi connectivity index (χ0) is 33.6. The maximum Gasteiger partial charge on any atom is 0.418 e. The van der Waals surface area contributed by atoms with Crippen LogP contribution in [0.4, 0.5) is 26.3 Å². The van der Waals surface area contributed by atoms with Crippen molar-refractivity contribution in [2.45, 2.75) is 31.5 Å². The van der Waals surface area contributed by atoms with Crippen LogP contribution in [0.2, 0.25) is 5.02 Å². The number of aromatic nitrogens is 6. The lowest BCUT2D eigenvalue weighted by atomic mass is 10.0. The second-order valence-electron chi connectivity index (χ2n) is 10.2. The molecule has 20 heteroatoms. The van der Waals surface area contributed by atoms with Gasteiger partial charge in [0.15, 0.2) is 27.6 Å². The third kappa shape index (κ3) is 6.95. The fourth-order valence-corrected chi connectivity index (χ4v) is 6.01. The summed E-state index contributed by atoms with van der Waals surface area (Å²) in [6, 6.07) is 8.39. The van der Waals surface area contributed by atoms with Gasteiger partial charge in [0.1, 0.15) is 12.9 Å². The van der Waals surface area contributed by atoms with Gasteiger partial charge in [-0.1, -0.05) is 17.7 Å². The van der Waals surface area contributed by atoms with Crippen LogP contribution < -0.4 is 5.69 Å². The lowest BCUT2D eigenvalue weighted by Crippen LogP contribution is -2.44. The second kappa shape index (κ2) is 12.2. The molecule has 12 nitrogen and oxygen atoms in total. The summed E-state index contributed by atoms with van der Waals surface area (Å²) in [5.41, 5.74) is -3.36. The average Bonchev–Trinajstić information content (AvgIpc) is 3.56. The molecule has 1 N–H and O–H groups in total. The summed E-state index contributed by atoms with van der Waals surface area (Å²) in [5.74, 6) is -2.17. The zero-order valence-electron chi connectivity index (χ0n) is 23.2. The van der Waals surface area contributed by atoms with Gasteiger partial charge < -0.3 is 10.0 Å². The molecule has 2 aromatic carbocycles. The lowest BCUT2D eigenvalue weighted by molar-refractivity contribution is -0.207. The zero-order valence-corrected chi connectivity index (χ0v) is 24.8. The van der Waals surface area contributed by atoms with Crippen molar-refractivity contribution >= 4 is 27.3 Å². The number of hydrogen-bond acceptors (Lipinski definition) is 8. The molecule has 0 saturated carbocycles. The molecule has 1 aliphatic heterocycles. The van der Waals surface area contributed by atoms with Crippen molar-refractivity contribution in [1.29, 1.82) is 0 Å². The first kappa shape index (κ1) is 33.1. The fourth-order valence-electron chi connectivity index (χ4n) is 4.69. The highest BCUT2D eigenvalue weighted by Crippen LogP contribution is 2.36. The van der Waals surface area contributed by atoms with Crippen LogP contribution in [0.1, 0.15) is 21.7 Å². The van der Waals surface area contributed by atoms with Crippen LogP contribution in [0, 0.1) is 0 Å². The van der Waals surface area contributed by atoms with E-state index in [1.54, 1.807) is 0 Å². The second-order valence-corrected chi connectivity index (χ2v) is 12.9. The monoisotopic (exact) mass is 693 g/mol. The van der Waals surface area contributed by atoms with Crippen LogP contribution in [-0.2, 0) is 29.1 Å². The van der Waals surface area contributed by atoms with Gasteiger partial charge in [-0.2, -0.15) is 26.3 Å². The molecule has 1 aliphatic rings. The van der Waals surface area contributed by atoms with Crippen molar-refractivity contribution in [1.82, 2.24) is 34.0 Å². The standard InChI is InChI=1S/C26H22ClF6N7O5S/c27-16-6-4-15(5-7-16)22-36-39(24(43)38(22)12-19(41)26(31,32)33)13-20-34-14-40(35-20)21-17(2-1-3-18(21)25(28,29)30)23(42)37-8-10-46(44,45)11-9-37/h1-7,14,19,41H,8-13H2. The Morgan fingerprint density at radius 2 is 1.65 bits per heavy atom. The number of benzene rings is 2. The van der Waals surface area contributed by atoms with Crippen molar-refractivity contribution < 1.29 is 44.7 Å². The number of halogens is 7. The molecule has 5 rings (SSSR count). The largest absolute Gasteiger partial charge is 0.418 e. The predicted octanol–water partition coefficient (Wildman–Crippen LogP) is 2.81. The highest BCUT2D eigenvalue weighted by molar-refractivity contribution is 7.91.